The van der Waals surface area contributed by atoms with E-state index >= 15 is 0 Å². The number of benzene rings is 1. The lowest BCUT2D eigenvalue weighted by molar-refractivity contribution is -0.274. The number of aliphatic carboxylic acids is 1. The zero-order valence-corrected chi connectivity index (χ0v) is 17.4. The van der Waals surface area contributed by atoms with Gasteiger partial charge < -0.3 is 29.5 Å². The molecule has 0 spiro atoms. The van der Waals surface area contributed by atoms with E-state index in [0.717, 1.165) is 6.07 Å². The monoisotopic (exact) mass is 456 g/mol. The lowest BCUT2D eigenvalue weighted by Crippen LogP contribution is -2.46. The first-order valence-electron chi connectivity index (χ1n) is 8.84. The first-order chi connectivity index (χ1) is 14.0. The average Bonchev–Trinajstić information content (AvgIpc) is 2.65. The van der Waals surface area contributed by atoms with Crippen molar-refractivity contribution in [2.75, 3.05) is 32.6 Å². The molecule has 0 saturated heterocycles. The van der Waals surface area contributed by atoms with Crippen LogP contribution in [0.25, 0.3) is 0 Å². The maximum absolute atomic E-state index is 12.8. The number of hydrogen-bond acceptors (Lipinski definition) is 6. The quantitative estimate of drug-likeness (QED) is 0.465. The highest BCUT2D eigenvalue weighted by Gasteiger charge is 2.32. The minimum absolute atomic E-state index is 0.0422. The van der Waals surface area contributed by atoms with E-state index in [9.17, 15) is 22.8 Å². The Kier molecular flexibility index (Phi) is 10.2. The molecule has 170 valence electrons. The summed E-state index contributed by atoms with van der Waals surface area (Å²) in [6.07, 6.45) is -5.57. The third-order valence-electron chi connectivity index (χ3n) is 3.94. The molecule has 0 aromatic heterocycles. The van der Waals surface area contributed by atoms with Crippen LogP contribution in [0.2, 0.25) is 5.02 Å². The van der Waals surface area contributed by atoms with Crippen LogP contribution in [0.5, 0.6) is 5.75 Å². The van der Waals surface area contributed by atoms with Crippen LogP contribution in [-0.4, -0.2) is 67.9 Å². The molecule has 1 unspecified atom stereocenters. The predicted octanol–water partition coefficient (Wildman–Crippen LogP) is 3.35. The molecular formula is C18H24ClF3N2O6. The maximum atomic E-state index is 12.8. The summed E-state index contributed by atoms with van der Waals surface area (Å²) in [5.41, 5.74) is 0.181. The van der Waals surface area contributed by atoms with E-state index in [2.05, 4.69) is 10.1 Å². The standard InChI is InChI=1S/C18H24ClF3N2O6/c1-11(23-12-6-7-13(19)14(9-12)30-18(20,21)22)17(27)24(8-4-5-15(25)26)10-16(28-2)29-3/h6-7,9,11,16,23H,4-5,8,10H2,1-3H3,(H,25,26). The second-order valence-corrected chi connectivity index (χ2v) is 6.65. The minimum atomic E-state index is -4.92. The second kappa shape index (κ2) is 11.8. The zero-order valence-electron chi connectivity index (χ0n) is 16.7. The molecule has 1 atom stereocenters. The summed E-state index contributed by atoms with van der Waals surface area (Å²) in [5, 5.41) is 11.4. The lowest BCUT2D eigenvalue weighted by atomic mass is 10.2. The number of ether oxygens (including phenoxy) is 3. The summed E-state index contributed by atoms with van der Waals surface area (Å²) >= 11 is 5.72. The van der Waals surface area contributed by atoms with Gasteiger partial charge in [0.25, 0.3) is 0 Å². The molecule has 0 aliphatic heterocycles. The Morgan fingerprint density at radius 2 is 1.90 bits per heavy atom. The van der Waals surface area contributed by atoms with Gasteiger partial charge in [0, 0.05) is 38.9 Å². The number of anilines is 1. The number of carbonyl (C=O) groups excluding carboxylic acids is 1. The molecule has 30 heavy (non-hydrogen) atoms. The fourth-order valence-corrected chi connectivity index (χ4v) is 2.68. The Morgan fingerprint density at radius 3 is 2.43 bits per heavy atom. The van der Waals surface area contributed by atoms with E-state index in [1.165, 1.54) is 38.2 Å². The summed E-state index contributed by atoms with van der Waals surface area (Å²) in [6.45, 7) is 1.68. The van der Waals surface area contributed by atoms with Gasteiger partial charge in [-0.05, 0) is 25.5 Å². The Labute approximate surface area is 176 Å². The van der Waals surface area contributed by atoms with Crippen LogP contribution in [0.3, 0.4) is 0 Å². The third-order valence-corrected chi connectivity index (χ3v) is 4.25. The molecule has 0 aliphatic carbocycles. The van der Waals surface area contributed by atoms with Crippen molar-refractivity contribution in [3.8, 4) is 5.75 Å². The molecule has 0 radical (unpaired) electrons. The number of rotatable bonds is 12. The van der Waals surface area contributed by atoms with Gasteiger partial charge in [0.1, 0.15) is 11.8 Å². The molecule has 1 aromatic carbocycles. The SMILES string of the molecule is COC(CN(CCCC(=O)O)C(=O)C(C)Nc1ccc(Cl)c(OC(F)(F)F)c1)OC. The van der Waals surface area contributed by atoms with Crippen LogP contribution >= 0.6 is 11.6 Å². The van der Waals surface area contributed by atoms with Crippen LogP contribution in [-0.2, 0) is 19.1 Å². The van der Waals surface area contributed by atoms with Crippen molar-refractivity contribution in [2.45, 2.75) is 38.5 Å². The van der Waals surface area contributed by atoms with Gasteiger partial charge in [-0.2, -0.15) is 0 Å². The van der Waals surface area contributed by atoms with Gasteiger partial charge >= 0.3 is 12.3 Å². The minimum Gasteiger partial charge on any atom is -0.481 e. The van der Waals surface area contributed by atoms with Gasteiger partial charge in [-0.15, -0.1) is 13.2 Å². The van der Waals surface area contributed by atoms with Crippen molar-refractivity contribution in [3.05, 3.63) is 23.2 Å². The molecule has 0 bridgehead atoms. The Hall–Kier alpha value is -2.24. The van der Waals surface area contributed by atoms with Crippen molar-refractivity contribution < 1.29 is 42.1 Å². The van der Waals surface area contributed by atoms with E-state index in [-0.39, 0.29) is 36.6 Å². The van der Waals surface area contributed by atoms with Crippen molar-refractivity contribution >= 4 is 29.2 Å². The van der Waals surface area contributed by atoms with Gasteiger partial charge in [0.15, 0.2) is 6.29 Å². The van der Waals surface area contributed by atoms with Gasteiger partial charge in [-0.3, -0.25) is 9.59 Å². The maximum Gasteiger partial charge on any atom is 0.573 e. The number of hydrogen-bond donors (Lipinski definition) is 2. The molecule has 0 heterocycles. The molecule has 12 heteroatoms. The van der Waals surface area contributed by atoms with Gasteiger partial charge in [-0.1, -0.05) is 11.6 Å². The highest BCUT2D eigenvalue weighted by atomic mass is 35.5. The number of carbonyl (C=O) groups is 2. The average molecular weight is 457 g/mol. The van der Waals surface area contributed by atoms with Crippen molar-refractivity contribution in [1.29, 1.82) is 0 Å². The van der Waals surface area contributed by atoms with E-state index in [0.29, 0.717) is 0 Å². The lowest BCUT2D eigenvalue weighted by Gasteiger charge is -2.29. The number of carboxylic acids is 1. The smallest absolute Gasteiger partial charge is 0.481 e. The van der Waals surface area contributed by atoms with Crippen LogP contribution < -0.4 is 10.1 Å². The summed E-state index contributed by atoms with van der Waals surface area (Å²) in [4.78, 5) is 25.0. The number of carboxylic acid groups (broad SMARTS) is 1. The molecule has 1 amide bonds. The van der Waals surface area contributed by atoms with Crippen molar-refractivity contribution in [1.82, 2.24) is 4.90 Å². The van der Waals surface area contributed by atoms with E-state index < -0.39 is 36.3 Å². The molecule has 0 aliphatic rings. The summed E-state index contributed by atoms with van der Waals surface area (Å²) in [5.74, 6) is -2.03. The number of halogens is 4. The normalized spacial score (nSPS) is 12.5. The summed E-state index contributed by atoms with van der Waals surface area (Å²) in [6, 6.07) is 2.78. The molecular weight excluding hydrogens is 433 g/mol. The molecule has 1 rings (SSSR count). The van der Waals surface area contributed by atoms with Crippen LogP contribution in [0, 0.1) is 0 Å². The largest absolute Gasteiger partial charge is 0.573 e. The van der Waals surface area contributed by atoms with Crippen LogP contribution in [0.1, 0.15) is 19.8 Å². The molecule has 1 aromatic rings. The van der Waals surface area contributed by atoms with E-state index in [4.69, 9.17) is 26.2 Å². The summed E-state index contributed by atoms with van der Waals surface area (Å²) in [7, 11) is 2.79. The fourth-order valence-electron chi connectivity index (χ4n) is 2.52. The highest BCUT2D eigenvalue weighted by molar-refractivity contribution is 6.32. The van der Waals surface area contributed by atoms with Gasteiger partial charge in [0.05, 0.1) is 11.6 Å². The third kappa shape index (κ3) is 9.06. The van der Waals surface area contributed by atoms with Gasteiger partial charge in [0.2, 0.25) is 5.91 Å². The van der Waals surface area contributed by atoms with Crippen LogP contribution in [0.15, 0.2) is 18.2 Å². The Balaban J connectivity index is 2.90. The Morgan fingerprint density at radius 1 is 1.27 bits per heavy atom. The van der Waals surface area contributed by atoms with Gasteiger partial charge in [-0.25, -0.2) is 0 Å². The predicted molar refractivity (Wildman–Crippen MR) is 102 cm³/mol. The highest BCUT2D eigenvalue weighted by Crippen LogP contribution is 2.32. The number of methoxy groups -OCH3 is 2. The second-order valence-electron chi connectivity index (χ2n) is 6.24. The number of nitrogens with zero attached hydrogens (tertiary/aromatic N) is 1. The van der Waals surface area contributed by atoms with E-state index in [1.54, 1.807) is 0 Å². The molecule has 2 N–H and O–H groups in total. The molecule has 8 nitrogen and oxygen atoms in total. The van der Waals surface area contributed by atoms with E-state index in [1.807, 2.05) is 0 Å². The van der Waals surface area contributed by atoms with Crippen molar-refractivity contribution in [2.24, 2.45) is 0 Å². The summed E-state index contributed by atoms with van der Waals surface area (Å²) < 4.78 is 51.5. The number of alkyl halides is 3. The fraction of sp³-hybridized carbons (Fsp3) is 0.556. The Bertz CT molecular complexity index is 716. The first kappa shape index (κ1) is 25.8. The molecule has 0 saturated carbocycles. The topological polar surface area (TPSA) is 97.3 Å². The number of amides is 1. The van der Waals surface area contributed by atoms with Crippen molar-refractivity contribution in [3.63, 3.8) is 0 Å². The number of nitrogens with one attached hydrogen (secondary N) is 1. The first-order valence-corrected chi connectivity index (χ1v) is 9.22. The zero-order chi connectivity index (χ0) is 22.9. The molecule has 0 fully saturated rings. The van der Waals surface area contributed by atoms with Crippen LogP contribution in [0.4, 0.5) is 18.9 Å².